The van der Waals surface area contributed by atoms with E-state index in [2.05, 4.69) is 0 Å². The van der Waals surface area contributed by atoms with Crippen LogP contribution in [0.25, 0.3) is 6.08 Å². The first-order chi connectivity index (χ1) is 9.25. The minimum Gasteiger partial charge on any atom is -0.481 e. The van der Waals surface area contributed by atoms with Gasteiger partial charge in [-0.15, -0.1) is 0 Å². The lowest BCUT2D eigenvalue weighted by molar-refractivity contribution is -0.137. The summed E-state index contributed by atoms with van der Waals surface area (Å²) >= 11 is 0. The van der Waals surface area contributed by atoms with Crippen molar-refractivity contribution < 1.29 is 9.90 Å². The van der Waals surface area contributed by atoms with E-state index in [0.717, 1.165) is 11.1 Å². The van der Waals surface area contributed by atoms with Crippen molar-refractivity contribution in [2.75, 3.05) is 0 Å². The van der Waals surface area contributed by atoms with Crippen LogP contribution < -0.4 is 0 Å². The second-order valence-corrected chi connectivity index (χ2v) is 4.38. The molecule has 0 bridgehead atoms. The molecule has 1 atom stereocenters. The Balaban J connectivity index is 2.19. The molecule has 2 aromatic carbocycles. The molecule has 1 N–H and O–H groups in total. The van der Waals surface area contributed by atoms with Crippen molar-refractivity contribution in [3.05, 3.63) is 77.9 Å². The Morgan fingerprint density at radius 1 is 1.00 bits per heavy atom. The Hall–Kier alpha value is -2.35. The Bertz CT molecular complexity index is 544. The molecular weight excluding hydrogens is 236 g/mol. The van der Waals surface area contributed by atoms with Crippen molar-refractivity contribution in [2.24, 2.45) is 0 Å². The van der Waals surface area contributed by atoms with Gasteiger partial charge >= 0.3 is 5.97 Å². The SMILES string of the molecule is O=C(O)CC(/C=C/c1ccccc1)c1ccccc1. The molecule has 0 heterocycles. The first-order valence-electron chi connectivity index (χ1n) is 6.25. The van der Waals surface area contributed by atoms with E-state index in [1.165, 1.54) is 0 Å². The van der Waals surface area contributed by atoms with E-state index in [1.807, 2.05) is 72.8 Å². The molecule has 2 aromatic rings. The van der Waals surface area contributed by atoms with Crippen molar-refractivity contribution in [3.8, 4) is 0 Å². The number of rotatable bonds is 5. The van der Waals surface area contributed by atoms with E-state index in [-0.39, 0.29) is 12.3 Å². The summed E-state index contributed by atoms with van der Waals surface area (Å²) in [4.78, 5) is 11.0. The minimum atomic E-state index is -0.786. The monoisotopic (exact) mass is 252 g/mol. The van der Waals surface area contributed by atoms with Gasteiger partial charge < -0.3 is 5.11 Å². The van der Waals surface area contributed by atoms with Crippen molar-refractivity contribution in [3.63, 3.8) is 0 Å². The maximum atomic E-state index is 11.0. The third kappa shape index (κ3) is 4.11. The lowest BCUT2D eigenvalue weighted by Gasteiger charge is -2.10. The molecule has 0 saturated heterocycles. The second-order valence-electron chi connectivity index (χ2n) is 4.38. The van der Waals surface area contributed by atoms with Gasteiger partial charge in [0.2, 0.25) is 0 Å². The number of carbonyl (C=O) groups is 1. The Morgan fingerprint density at radius 2 is 1.58 bits per heavy atom. The van der Waals surface area contributed by atoms with Gasteiger partial charge in [-0.3, -0.25) is 4.79 Å². The summed E-state index contributed by atoms with van der Waals surface area (Å²) < 4.78 is 0. The number of hydrogen-bond donors (Lipinski definition) is 1. The topological polar surface area (TPSA) is 37.3 Å². The van der Waals surface area contributed by atoms with Gasteiger partial charge in [-0.25, -0.2) is 0 Å². The predicted molar refractivity (Wildman–Crippen MR) is 76.9 cm³/mol. The number of carboxylic acids is 1. The van der Waals surface area contributed by atoms with E-state index in [9.17, 15) is 4.79 Å². The maximum absolute atomic E-state index is 11.0. The molecule has 0 radical (unpaired) electrons. The van der Waals surface area contributed by atoms with Gasteiger partial charge in [0, 0.05) is 5.92 Å². The highest BCUT2D eigenvalue weighted by molar-refractivity contribution is 5.69. The summed E-state index contributed by atoms with van der Waals surface area (Å²) in [5.41, 5.74) is 2.10. The zero-order valence-corrected chi connectivity index (χ0v) is 10.6. The fraction of sp³-hybridized carbons (Fsp3) is 0.118. The average Bonchev–Trinajstić information content (AvgIpc) is 2.45. The quantitative estimate of drug-likeness (QED) is 0.874. The molecule has 2 heteroatoms. The van der Waals surface area contributed by atoms with E-state index in [4.69, 9.17) is 5.11 Å². The van der Waals surface area contributed by atoms with E-state index >= 15 is 0 Å². The molecule has 2 nitrogen and oxygen atoms in total. The van der Waals surface area contributed by atoms with Gasteiger partial charge in [-0.2, -0.15) is 0 Å². The third-order valence-electron chi connectivity index (χ3n) is 2.94. The molecule has 0 amide bonds. The zero-order valence-electron chi connectivity index (χ0n) is 10.6. The second kappa shape index (κ2) is 6.55. The number of carboxylic acid groups (broad SMARTS) is 1. The highest BCUT2D eigenvalue weighted by Crippen LogP contribution is 2.22. The first kappa shape index (κ1) is 13.1. The van der Waals surface area contributed by atoms with Crippen LogP contribution in [0.15, 0.2) is 66.7 Å². The highest BCUT2D eigenvalue weighted by Gasteiger charge is 2.11. The molecule has 2 rings (SSSR count). The predicted octanol–water partition coefficient (Wildman–Crippen LogP) is 3.96. The number of allylic oxidation sites excluding steroid dienone is 1. The van der Waals surface area contributed by atoms with Gasteiger partial charge in [0.05, 0.1) is 6.42 Å². The fourth-order valence-electron chi connectivity index (χ4n) is 1.98. The van der Waals surface area contributed by atoms with E-state index in [0.29, 0.717) is 0 Å². The van der Waals surface area contributed by atoms with Crippen LogP contribution in [0.5, 0.6) is 0 Å². The summed E-state index contributed by atoms with van der Waals surface area (Å²) in [7, 11) is 0. The van der Waals surface area contributed by atoms with Crippen molar-refractivity contribution in [2.45, 2.75) is 12.3 Å². The van der Waals surface area contributed by atoms with E-state index < -0.39 is 5.97 Å². The molecule has 0 aliphatic rings. The maximum Gasteiger partial charge on any atom is 0.304 e. The van der Waals surface area contributed by atoms with Crippen molar-refractivity contribution in [1.82, 2.24) is 0 Å². The summed E-state index contributed by atoms with van der Waals surface area (Å²) in [5, 5.41) is 9.01. The van der Waals surface area contributed by atoms with Gasteiger partial charge in [0.25, 0.3) is 0 Å². The van der Waals surface area contributed by atoms with Crippen LogP contribution >= 0.6 is 0 Å². The largest absolute Gasteiger partial charge is 0.481 e. The Labute approximate surface area is 113 Å². The van der Waals surface area contributed by atoms with Gasteiger partial charge in [-0.05, 0) is 11.1 Å². The van der Waals surface area contributed by atoms with Gasteiger partial charge in [0.15, 0.2) is 0 Å². The molecule has 0 aliphatic heterocycles. The Kier molecular flexibility index (Phi) is 4.51. The van der Waals surface area contributed by atoms with Crippen LogP contribution in [-0.4, -0.2) is 11.1 Å². The molecule has 0 saturated carbocycles. The lowest BCUT2D eigenvalue weighted by Crippen LogP contribution is -2.03. The van der Waals surface area contributed by atoms with Gasteiger partial charge in [0.1, 0.15) is 0 Å². The summed E-state index contributed by atoms with van der Waals surface area (Å²) in [5.74, 6) is -0.884. The summed E-state index contributed by atoms with van der Waals surface area (Å²) in [6.45, 7) is 0. The van der Waals surface area contributed by atoms with Crippen LogP contribution in [0.3, 0.4) is 0 Å². The Morgan fingerprint density at radius 3 is 2.16 bits per heavy atom. The zero-order chi connectivity index (χ0) is 13.5. The smallest absolute Gasteiger partial charge is 0.304 e. The highest BCUT2D eigenvalue weighted by atomic mass is 16.4. The lowest BCUT2D eigenvalue weighted by atomic mass is 9.94. The summed E-state index contributed by atoms with van der Waals surface area (Å²) in [6, 6.07) is 19.6. The normalized spacial score (nSPS) is 12.4. The van der Waals surface area contributed by atoms with E-state index in [1.54, 1.807) is 0 Å². The molecule has 96 valence electrons. The van der Waals surface area contributed by atoms with Crippen molar-refractivity contribution >= 4 is 12.0 Å². The molecule has 0 spiro atoms. The van der Waals surface area contributed by atoms with Crippen LogP contribution in [0.4, 0.5) is 0 Å². The standard InChI is InChI=1S/C17H16O2/c18-17(19)13-16(15-9-5-2-6-10-15)12-11-14-7-3-1-4-8-14/h1-12,16H,13H2,(H,18,19)/b12-11+. The van der Waals surface area contributed by atoms with Crippen LogP contribution in [0.2, 0.25) is 0 Å². The molecule has 1 unspecified atom stereocenters. The minimum absolute atomic E-state index is 0.0982. The summed E-state index contributed by atoms with van der Waals surface area (Å²) in [6.07, 6.45) is 4.03. The molecule has 0 aliphatic carbocycles. The van der Waals surface area contributed by atoms with Crippen molar-refractivity contribution in [1.29, 1.82) is 0 Å². The average molecular weight is 252 g/mol. The van der Waals surface area contributed by atoms with Crippen LogP contribution in [-0.2, 0) is 4.79 Å². The molecule has 0 fully saturated rings. The molecule has 19 heavy (non-hydrogen) atoms. The number of benzene rings is 2. The third-order valence-corrected chi connectivity index (χ3v) is 2.94. The van der Waals surface area contributed by atoms with Crippen LogP contribution in [0, 0.1) is 0 Å². The molecule has 0 aromatic heterocycles. The van der Waals surface area contributed by atoms with Crippen LogP contribution in [0.1, 0.15) is 23.5 Å². The fourth-order valence-corrected chi connectivity index (χ4v) is 1.98. The first-order valence-corrected chi connectivity index (χ1v) is 6.25. The molecular formula is C17H16O2. The number of hydrogen-bond acceptors (Lipinski definition) is 1. The van der Waals surface area contributed by atoms with Gasteiger partial charge in [-0.1, -0.05) is 72.8 Å². The number of aliphatic carboxylic acids is 1.